The van der Waals surface area contributed by atoms with Gasteiger partial charge in [-0.2, -0.15) is 0 Å². The van der Waals surface area contributed by atoms with Gasteiger partial charge in [0.2, 0.25) is 0 Å². The molecule has 0 radical (unpaired) electrons. The maximum atomic E-state index is 4.39. The lowest BCUT2D eigenvalue weighted by Gasteiger charge is -2.20. The second-order valence-corrected chi connectivity index (χ2v) is 10.0. The predicted molar refractivity (Wildman–Crippen MR) is 151 cm³/mol. The number of halogens is 1. The molecule has 0 atom stereocenters. The molecule has 2 nitrogen and oxygen atoms in total. The van der Waals surface area contributed by atoms with Crippen LogP contribution in [-0.4, -0.2) is 9.97 Å². The van der Waals surface area contributed by atoms with E-state index in [-0.39, 0.29) is 0 Å². The lowest BCUT2D eigenvalue weighted by molar-refractivity contribution is 0.690. The number of hydrogen-bond acceptors (Lipinski definition) is 2. The molecule has 35 heavy (non-hydrogen) atoms. The maximum absolute atomic E-state index is 4.39. The molecule has 0 saturated heterocycles. The summed E-state index contributed by atoms with van der Waals surface area (Å²) in [4.78, 5) is 8.40. The van der Waals surface area contributed by atoms with E-state index in [2.05, 4.69) is 86.6 Å². The molecule has 2 heterocycles. The van der Waals surface area contributed by atoms with Gasteiger partial charge in [-0.05, 0) is 109 Å². The van der Waals surface area contributed by atoms with Crippen molar-refractivity contribution in [1.82, 2.24) is 9.97 Å². The Morgan fingerprint density at radius 1 is 0.600 bits per heavy atom. The number of rotatable bonds is 1. The highest BCUT2D eigenvalue weighted by molar-refractivity contribution is 9.10. The average Bonchev–Trinajstić information content (AvgIpc) is 2.93. The van der Waals surface area contributed by atoms with Gasteiger partial charge in [0.1, 0.15) is 0 Å². The van der Waals surface area contributed by atoms with Crippen LogP contribution in [0.15, 0.2) is 108 Å². The van der Waals surface area contributed by atoms with Crippen LogP contribution in [-0.2, 0) is 12.8 Å². The first-order valence-corrected chi connectivity index (χ1v) is 12.9. The molecule has 4 aromatic carbocycles. The molecule has 1 aliphatic carbocycles. The number of aromatic nitrogens is 2. The van der Waals surface area contributed by atoms with Crippen molar-refractivity contribution in [2.45, 2.75) is 25.7 Å². The minimum absolute atomic E-state index is 1.02. The Morgan fingerprint density at radius 3 is 2.23 bits per heavy atom. The SMILES string of the molecule is Brc1cncc(-c2cc3c4c(ccc3c3ccccc23)CCCC4)c1.c1ccc2cnccc2c1. The summed E-state index contributed by atoms with van der Waals surface area (Å²) in [5, 5.41) is 7.88. The third kappa shape index (κ3) is 4.33. The van der Waals surface area contributed by atoms with Gasteiger partial charge in [0.25, 0.3) is 0 Å². The summed E-state index contributed by atoms with van der Waals surface area (Å²) >= 11 is 3.57. The lowest BCUT2D eigenvalue weighted by Crippen LogP contribution is -2.03. The van der Waals surface area contributed by atoms with Crippen LogP contribution >= 0.6 is 15.9 Å². The Balaban J connectivity index is 0.000000191. The third-order valence-corrected chi connectivity index (χ3v) is 7.37. The maximum Gasteiger partial charge on any atom is 0.0410 e. The molecule has 0 amide bonds. The fourth-order valence-corrected chi connectivity index (χ4v) is 5.62. The van der Waals surface area contributed by atoms with E-state index in [1.165, 1.54) is 74.7 Å². The number of fused-ring (bicyclic) bond motifs is 6. The Labute approximate surface area is 213 Å². The van der Waals surface area contributed by atoms with Gasteiger partial charge in [-0.25, -0.2) is 0 Å². The number of pyridine rings is 2. The van der Waals surface area contributed by atoms with Crippen molar-refractivity contribution in [2.24, 2.45) is 0 Å². The summed E-state index contributed by atoms with van der Waals surface area (Å²) in [5.41, 5.74) is 5.53. The lowest BCUT2D eigenvalue weighted by atomic mass is 9.84. The van der Waals surface area contributed by atoms with E-state index >= 15 is 0 Å². The molecule has 0 aliphatic heterocycles. The zero-order valence-corrected chi connectivity index (χ0v) is 21.0. The monoisotopic (exact) mass is 516 g/mol. The molecule has 170 valence electrons. The number of nitrogens with zero attached hydrogens (tertiary/aromatic N) is 2. The second kappa shape index (κ2) is 9.59. The summed E-state index contributed by atoms with van der Waals surface area (Å²) < 4.78 is 1.02. The smallest absolute Gasteiger partial charge is 0.0410 e. The van der Waals surface area contributed by atoms with E-state index in [0.717, 1.165) is 4.47 Å². The van der Waals surface area contributed by atoms with Crippen molar-refractivity contribution in [3.05, 3.63) is 119 Å². The summed E-state index contributed by atoms with van der Waals surface area (Å²) in [6.07, 6.45) is 12.5. The fraction of sp³-hybridized carbons (Fsp3) is 0.125. The van der Waals surface area contributed by atoms with Gasteiger partial charge in [-0.3, -0.25) is 9.97 Å². The van der Waals surface area contributed by atoms with E-state index in [9.17, 15) is 0 Å². The van der Waals surface area contributed by atoms with Crippen LogP contribution in [0.3, 0.4) is 0 Å². The van der Waals surface area contributed by atoms with Gasteiger partial charge in [-0.1, -0.05) is 60.7 Å². The largest absolute Gasteiger partial charge is 0.264 e. The highest BCUT2D eigenvalue weighted by Gasteiger charge is 2.16. The first kappa shape index (κ1) is 21.9. The van der Waals surface area contributed by atoms with Gasteiger partial charge in [0.15, 0.2) is 0 Å². The van der Waals surface area contributed by atoms with E-state index in [4.69, 9.17) is 0 Å². The molecular formula is C32H25BrN2. The zero-order chi connectivity index (χ0) is 23.6. The Hall–Kier alpha value is -3.56. The van der Waals surface area contributed by atoms with Gasteiger partial charge >= 0.3 is 0 Å². The molecule has 6 aromatic rings. The first-order valence-electron chi connectivity index (χ1n) is 12.1. The van der Waals surface area contributed by atoms with Crippen LogP contribution in [0.25, 0.3) is 43.4 Å². The van der Waals surface area contributed by atoms with E-state index in [1.807, 2.05) is 43.0 Å². The highest BCUT2D eigenvalue weighted by Crippen LogP contribution is 2.39. The van der Waals surface area contributed by atoms with Gasteiger partial charge in [0.05, 0.1) is 0 Å². The van der Waals surface area contributed by atoms with E-state index < -0.39 is 0 Å². The van der Waals surface area contributed by atoms with Crippen LogP contribution in [0.2, 0.25) is 0 Å². The average molecular weight is 517 g/mol. The molecule has 0 fully saturated rings. The van der Waals surface area contributed by atoms with Crippen molar-refractivity contribution < 1.29 is 0 Å². The van der Waals surface area contributed by atoms with Gasteiger partial charge < -0.3 is 0 Å². The quantitative estimate of drug-likeness (QED) is 0.204. The van der Waals surface area contributed by atoms with Gasteiger partial charge in [-0.15, -0.1) is 0 Å². The van der Waals surface area contributed by atoms with E-state index in [0.29, 0.717) is 0 Å². The molecule has 0 spiro atoms. The number of benzene rings is 4. The molecule has 3 heteroatoms. The van der Waals surface area contributed by atoms with Crippen LogP contribution in [0.1, 0.15) is 24.0 Å². The van der Waals surface area contributed by atoms with Gasteiger partial charge in [0, 0.05) is 34.8 Å². The fourth-order valence-electron chi connectivity index (χ4n) is 5.26. The van der Waals surface area contributed by atoms with Crippen LogP contribution in [0.4, 0.5) is 0 Å². The number of hydrogen-bond donors (Lipinski definition) is 0. The Morgan fingerprint density at radius 2 is 1.37 bits per heavy atom. The second-order valence-electron chi connectivity index (χ2n) is 9.09. The normalized spacial score (nSPS) is 12.8. The molecule has 0 bridgehead atoms. The van der Waals surface area contributed by atoms with Crippen molar-refractivity contribution in [1.29, 1.82) is 0 Å². The predicted octanol–water partition coefficient (Wildman–Crippen LogP) is 8.93. The highest BCUT2D eigenvalue weighted by atomic mass is 79.9. The molecule has 2 aromatic heterocycles. The number of aryl methyl sites for hydroxylation is 2. The Bertz CT molecular complexity index is 1610. The van der Waals surface area contributed by atoms with Crippen molar-refractivity contribution in [3.8, 4) is 11.1 Å². The first-order chi connectivity index (χ1) is 17.3. The molecular weight excluding hydrogens is 492 g/mol. The third-order valence-electron chi connectivity index (χ3n) is 6.94. The minimum atomic E-state index is 1.02. The molecule has 7 rings (SSSR count). The molecule has 1 aliphatic rings. The van der Waals surface area contributed by atoms with Crippen molar-refractivity contribution in [2.75, 3.05) is 0 Å². The van der Waals surface area contributed by atoms with E-state index in [1.54, 1.807) is 5.56 Å². The summed E-state index contributed by atoms with van der Waals surface area (Å²) in [5.74, 6) is 0. The van der Waals surface area contributed by atoms with Crippen LogP contribution in [0.5, 0.6) is 0 Å². The Kier molecular flexibility index (Phi) is 6.01. The summed E-state index contributed by atoms with van der Waals surface area (Å²) in [7, 11) is 0. The van der Waals surface area contributed by atoms with Crippen molar-refractivity contribution in [3.63, 3.8) is 0 Å². The standard InChI is InChI=1S/C23H18BrN.C9H7N/c24-17-11-16(13-25-14-17)22-12-23-18-6-2-1-5-15(18)9-10-21(23)19-7-3-4-8-20(19)22;1-2-4-9-7-10-6-5-8(9)3-1/h3-4,7-14H,1-2,5-6H2;1-7H. The zero-order valence-electron chi connectivity index (χ0n) is 19.4. The molecule has 0 N–H and O–H groups in total. The van der Waals surface area contributed by atoms with Crippen molar-refractivity contribution >= 4 is 48.2 Å². The minimum Gasteiger partial charge on any atom is -0.264 e. The molecule has 0 saturated carbocycles. The summed E-state index contributed by atoms with van der Waals surface area (Å²) in [6.45, 7) is 0. The molecule has 0 unspecified atom stereocenters. The van der Waals surface area contributed by atoms with Crippen LogP contribution < -0.4 is 0 Å². The topological polar surface area (TPSA) is 25.8 Å². The van der Waals surface area contributed by atoms with Crippen LogP contribution in [0, 0.1) is 0 Å². The summed E-state index contributed by atoms with van der Waals surface area (Å²) in [6, 6.07) is 28.2.